The Hall–Kier alpha value is -3.16. The van der Waals surface area contributed by atoms with Gasteiger partial charge in [0.25, 0.3) is 11.8 Å². The summed E-state index contributed by atoms with van der Waals surface area (Å²) in [6.07, 6.45) is 5.63. The second-order valence-corrected chi connectivity index (χ2v) is 7.97. The first-order chi connectivity index (χ1) is 14.4. The molecule has 30 heavy (non-hydrogen) atoms. The summed E-state index contributed by atoms with van der Waals surface area (Å²) in [5, 5.41) is 2.30. The number of rotatable bonds is 5. The highest BCUT2D eigenvalue weighted by Gasteiger charge is 2.49. The van der Waals surface area contributed by atoms with Gasteiger partial charge in [0.15, 0.2) is 11.5 Å². The zero-order chi connectivity index (χ0) is 21.4. The third-order valence-corrected chi connectivity index (χ3v) is 6.18. The highest BCUT2D eigenvalue weighted by Crippen LogP contribution is 2.47. The predicted octanol–water partition coefficient (Wildman–Crippen LogP) is 2.66. The van der Waals surface area contributed by atoms with Crippen LogP contribution in [0.1, 0.15) is 44.6 Å². The van der Waals surface area contributed by atoms with Crippen LogP contribution in [0.5, 0.6) is 11.5 Å². The van der Waals surface area contributed by atoms with Crippen LogP contribution in [-0.2, 0) is 14.4 Å². The third-order valence-electron chi connectivity index (χ3n) is 6.18. The standard InChI is InChI=1S/C22H24N2O6/c1-3-19(25)30-17-7-5-13(11-18(17)29-2)9-15-20(26)23-22(28)24(21(15)27)16-10-12-4-6-14(16)8-12/h5,7,9,11-12,14,16H,3-4,6,8,10H2,1-2H3,(H,23,26,28). The maximum atomic E-state index is 13.1. The average Bonchev–Trinajstić information content (AvgIpc) is 3.35. The lowest BCUT2D eigenvalue weighted by molar-refractivity contribution is -0.134. The van der Waals surface area contributed by atoms with Crippen LogP contribution < -0.4 is 14.8 Å². The highest BCUT2D eigenvalue weighted by atomic mass is 16.6. The second-order valence-electron chi connectivity index (χ2n) is 7.97. The van der Waals surface area contributed by atoms with Gasteiger partial charge < -0.3 is 9.47 Å². The number of fused-ring (bicyclic) bond motifs is 2. The lowest BCUT2D eigenvalue weighted by atomic mass is 9.93. The molecule has 3 atom stereocenters. The molecule has 3 unspecified atom stereocenters. The number of ether oxygens (including phenoxy) is 2. The smallest absolute Gasteiger partial charge is 0.331 e. The van der Waals surface area contributed by atoms with Crippen molar-refractivity contribution in [2.45, 2.75) is 45.1 Å². The number of barbiturate groups is 1. The van der Waals surface area contributed by atoms with E-state index < -0.39 is 23.8 Å². The molecule has 4 rings (SSSR count). The lowest BCUT2D eigenvalue weighted by Crippen LogP contribution is -2.58. The van der Waals surface area contributed by atoms with Crippen LogP contribution in [-0.4, -0.2) is 41.9 Å². The minimum Gasteiger partial charge on any atom is -0.493 e. The first-order valence-corrected chi connectivity index (χ1v) is 10.2. The minimum atomic E-state index is -0.718. The Morgan fingerprint density at radius 3 is 2.63 bits per heavy atom. The predicted molar refractivity (Wildman–Crippen MR) is 107 cm³/mol. The number of esters is 1. The normalized spacial score (nSPS) is 26.9. The summed E-state index contributed by atoms with van der Waals surface area (Å²) in [5.41, 5.74) is 0.418. The Morgan fingerprint density at radius 1 is 1.20 bits per heavy atom. The molecular formula is C22H24N2O6. The van der Waals surface area contributed by atoms with Crippen LogP contribution >= 0.6 is 0 Å². The van der Waals surface area contributed by atoms with Crippen molar-refractivity contribution in [3.8, 4) is 11.5 Å². The number of amides is 4. The van der Waals surface area contributed by atoms with Crippen LogP contribution in [0.25, 0.3) is 6.08 Å². The van der Waals surface area contributed by atoms with E-state index in [0.717, 1.165) is 25.7 Å². The number of nitrogens with one attached hydrogen (secondary N) is 1. The number of imide groups is 2. The van der Waals surface area contributed by atoms with E-state index in [4.69, 9.17) is 9.47 Å². The molecule has 4 amide bonds. The van der Waals surface area contributed by atoms with E-state index in [1.165, 1.54) is 18.1 Å². The monoisotopic (exact) mass is 412 g/mol. The number of benzene rings is 1. The quantitative estimate of drug-likeness (QED) is 0.345. The topological polar surface area (TPSA) is 102 Å². The summed E-state index contributed by atoms with van der Waals surface area (Å²) < 4.78 is 10.5. The van der Waals surface area contributed by atoms with E-state index >= 15 is 0 Å². The second kappa shape index (κ2) is 7.93. The van der Waals surface area contributed by atoms with Crippen LogP contribution in [0.3, 0.4) is 0 Å². The molecule has 1 saturated heterocycles. The zero-order valence-electron chi connectivity index (χ0n) is 17.0. The molecule has 8 nitrogen and oxygen atoms in total. The van der Waals surface area contributed by atoms with Gasteiger partial charge in [0.05, 0.1) is 7.11 Å². The van der Waals surface area contributed by atoms with Gasteiger partial charge in [0, 0.05) is 12.5 Å². The molecule has 0 spiro atoms. The number of carbonyl (C=O) groups is 4. The molecule has 2 saturated carbocycles. The Kier molecular flexibility index (Phi) is 5.32. The van der Waals surface area contributed by atoms with Crippen LogP contribution in [0, 0.1) is 11.8 Å². The first-order valence-electron chi connectivity index (χ1n) is 10.2. The molecule has 3 aliphatic rings. The molecule has 0 aromatic heterocycles. The maximum Gasteiger partial charge on any atom is 0.331 e. The fourth-order valence-electron chi connectivity index (χ4n) is 4.72. The fraction of sp³-hybridized carbons (Fsp3) is 0.455. The van der Waals surface area contributed by atoms with Gasteiger partial charge in [-0.1, -0.05) is 19.4 Å². The largest absolute Gasteiger partial charge is 0.493 e. The summed E-state index contributed by atoms with van der Waals surface area (Å²) in [6, 6.07) is 3.94. The molecule has 1 aromatic rings. The molecular weight excluding hydrogens is 388 g/mol. The Bertz CT molecular complexity index is 953. The Balaban J connectivity index is 1.61. The van der Waals surface area contributed by atoms with Crippen molar-refractivity contribution in [1.29, 1.82) is 0 Å². The number of urea groups is 1. The van der Waals surface area contributed by atoms with E-state index in [-0.39, 0.29) is 23.8 Å². The van der Waals surface area contributed by atoms with Crippen LogP contribution in [0.15, 0.2) is 23.8 Å². The van der Waals surface area contributed by atoms with Gasteiger partial charge in [-0.25, -0.2) is 4.79 Å². The van der Waals surface area contributed by atoms with Gasteiger partial charge in [0.1, 0.15) is 5.57 Å². The summed E-state index contributed by atoms with van der Waals surface area (Å²) >= 11 is 0. The highest BCUT2D eigenvalue weighted by molar-refractivity contribution is 6.31. The van der Waals surface area contributed by atoms with E-state index in [1.54, 1.807) is 25.1 Å². The number of hydrogen-bond acceptors (Lipinski definition) is 6. The fourth-order valence-corrected chi connectivity index (χ4v) is 4.72. The molecule has 1 aliphatic heterocycles. The van der Waals surface area contributed by atoms with Gasteiger partial charge in [-0.2, -0.15) is 0 Å². The number of nitrogens with zero attached hydrogens (tertiary/aromatic N) is 1. The van der Waals surface area contributed by atoms with Crippen LogP contribution in [0.4, 0.5) is 4.79 Å². The molecule has 1 heterocycles. The van der Waals surface area contributed by atoms with Crippen molar-refractivity contribution in [2.75, 3.05) is 7.11 Å². The van der Waals surface area contributed by atoms with E-state index in [0.29, 0.717) is 23.1 Å². The first kappa shape index (κ1) is 20.1. The van der Waals surface area contributed by atoms with Gasteiger partial charge in [-0.15, -0.1) is 0 Å². The number of carbonyl (C=O) groups excluding carboxylic acids is 4. The van der Waals surface area contributed by atoms with Crippen molar-refractivity contribution in [3.05, 3.63) is 29.3 Å². The van der Waals surface area contributed by atoms with Gasteiger partial charge >= 0.3 is 12.0 Å². The van der Waals surface area contributed by atoms with Gasteiger partial charge in [-0.3, -0.25) is 24.6 Å². The molecule has 8 heteroatoms. The Morgan fingerprint density at radius 2 is 2.00 bits per heavy atom. The number of hydrogen-bond donors (Lipinski definition) is 1. The van der Waals surface area contributed by atoms with Crippen molar-refractivity contribution < 1.29 is 28.7 Å². The van der Waals surface area contributed by atoms with Crippen molar-refractivity contribution in [1.82, 2.24) is 10.2 Å². The van der Waals surface area contributed by atoms with Crippen LogP contribution in [0.2, 0.25) is 0 Å². The summed E-state index contributed by atoms with van der Waals surface area (Å²) in [5.74, 6) is -0.270. The molecule has 1 aromatic carbocycles. The molecule has 2 aliphatic carbocycles. The number of methoxy groups -OCH3 is 1. The average molecular weight is 412 g/mol. The molecule has 1 N–H and O–H groups in total. The van der Waals surface area contributed by atoms with Crippen molar-refractivity contribution in [3.63, 3.8) is 0 Å². The van der Waals surface area contributed by atoms with E-state index in [1.807, 2.05) is 0 Å². The van der Waals surface area contributed by atoms with Gasteiger partial charge in [-0.05, 0) is 54.9 Å². The van der Waals surface area contributed by atoms with Gasteiger partial charge in [0.2, 0.25) is 0 Å². The summed E-state index contributed by atoms with van der Waals surface area (Å²) in [4.78, 5) is 50.7. The van der Waals surface area contributed by atoms with E-state index in [2.05, 4.69) is 5.32 Å². The Labute approximate surface area is 174 Å². The third kappa shape index (κ3) is 3.58. The molecule has 158 valence electrons. The minimum absolute atomic E-state index is 0.0993. The zero-order valence-corrected chi connectivity index (χ0v) is 17.0. The molecule has 0 radical (unpaired) electrons. The van der Waals surface area contributed by atoms with Crippen molar-refractivity contribution in [2.24, 2.45) is 11.8 Å². The summed E-state index contributed by atoms with van der Waals surface area (Å²) in [7, 11) is 1.43. The van der Waals surface area contributed by atoms with Crippen molar-refractivity contribution >= 4 is 29.9 Å². The summed E-state index contributed by atoms with van der Waals surface area (Å²) in [6.45, 7) is 1.68. The van der Waals surface area contributed by atoms with E-state index in [9.17, 15) is 19.2 Å². The SMILES string of the molecule is CCC(=O)Oc1ccc(C=C2C(=O)NC(=O)N(C3CC4CCC3C4)C2=O)cc1OC. The lowest BCUT2D eigenvalue weighted by Gasteiger charge is -2.35. The molecule has 3 fully saturated rings. The maximum absolute atomic E-state index is 13.1. The molecule has 2 bridgehead atoms.